The van der Waals surface area contributed by atoms with E-state index in [-0.39, 0.29) is 6.10 Å². The van der Waals surface area contributed by atoms with Crippen LogP contribution in [0.5, 0.6) is 5.75 Å². The van der Waals surface area contributed by atoms with Gasteiger partial charge in [-0.05, 0) is 12.1 Å². The minimum Gasteiger partial charge on any atom is -0.485 e. The summed E-state index contributed by atoms with van der Waals surface area (Å²) in [6, 6.07) is 13.7. The molecule has 1 aliphatic heterocycles. The van der Waals surface area contributed by atoms with Crippen molar-refractivity contribution in [3.63, 3.8) is 0 Å². The summed E-state index contributed by atoms with van der Waals surface area (Å²) >= 11 is 0. The Hall–Kier alpha value is -2.05. The van der Waals surface area contributed by atoms with Crippen molar-refractivity contribution in [2.75, 3.05) is 13.2 Å². The predicted molar refractivity (Wildman–Crippen MR) is 63.9 cm³/mol. The van der Waals surface area contributed by atoms with Gasteiger partial charge in [0.25, 0.3) is 0 Å². The van der Waals surface area contributed by atoms with Crippen LogP contribution in [0, 0.1) is 11.3 Å². The maximum Gasteiger partial charge on any atom is 0.145 e. The molecule has 1 aliphatic rings. The van der Waals surface area contributed by atoms with Gasteiger partial charge in [-0.3, -0.25) is 0 Å². The summed E-state index contributed by atoms with van der Waals surface area (Å²) in [4.78, 5) is 0. The van der Waals surface area contributed by atoms with Crippen molar-refractivity contribution in [2.45, 2.75) is 6.10 Å². The molecule has 17 heavy (non-hydrogen) atoms. The van der Waals surface area contributed by atoms with Gasteiger partial charge in [0.05, 0.1) is 24.8 Å². The van der Waals surface area contributed by atoms with Gasteiger partial charge in [0.2, 0.25) is 0 Å². The average molecular weight is 225 g/mol. The molecule has 0 aliphatic carbocycles. The maximum atomic E-state index is 9.05. The van der Waals surface area contributed by atoms with Gasteiger partial charge in [0.1, 0.15) is 11.9 Å². The number of fused-ring (bicyclic) bond motifs is 1. The first-order valence-corrected chi connectivity index (χ1v) is 5.55. The number of nitriles is 1. The molecule has 0 radical (unpaired) electrons. The standard InChI is InChI=1S/C14H11NO2/c15-7-10-5-6-14(17-11-8-16-9-11)13-4-2-1-3-12(10)13/h1-6,11H,8-9H2. The molecule has 0 saturated carbocycles. The summed E-state index contributed by atoms with van der Waals surface area (Å²) in [5.41, 5.74) is 0.679. The van der Waals surface area contributed by atoms with Crippen LogP contribution in [-0.4, -0.2) is 19.3 Å². The van der Waals surface area contributed by atoms with E-state index in [0.717, 1.165) is 16.5 Å². The minimum atomic E-state index is 0.145. The third-order valence-corrected chi connectivity index (χ3v) is 2.91. The molecule has 0 atom stereocenters. The van der Waals surface area contributed by atoms with Crippen LogP contribution in [0.3, 0.4) is 0 Å². The smallest absolute Gasteiger partial charge is 0.145 e. The van der Waals surface area contributed by atoms with Crippen LogP contribution in [0.4, 0.5) is 0 Å². The van der Waals surface area contributed by atoms with E-state index in [1.54, 1.807) is 6.07 Å². The molecule has 0 amide bonds. The highest BCUT2D eigenvalue weighted by atomic mass is 16.6. The van der Waals surface area contributed by atoms with Crippen molar-refractivity contribution in [3.8, 4) is 11.8 Å². The molecule has 2 aromatic carbocycles. The van der Waals surface area contributed by atoms with E-state index in [0.29, 0.717) is 18.8 Å². The second-order valence-corrected chi connectivity index (χ2v) is 4.05. The highest BCUT2D eigenvalue weighted by Crippen LogP contribution is 2.29. The molecule has 0 spiro atoms. The molecule has 0 unspecified atom stereocenters. The second-order valence-electron chi connectivity index (χ2n) is 4.05. The van der Waals surface area contributed by atoms with Crippen molar-refractivity contribution in [1.82, 2.24) is 0 Å². The fourth-order valence-electron chi connectivity index (χ4n) is 1.93. The number of hydrogen-bond donors (Lipinski definition) is 0. The number of benzene rings is 2. The van der Waals surface area contributed by atoms with E-state index in [1.165, 1.54) is 0 Å². The topological polar surface area (TPSA) is 42.2 Å². The molecule has 0 N–H and O–H groups in total. The zero-order valence-corrected chi connectivity index (χ0v) is 9.22. The maximum absolute atomic E-state index is 9.05. The van der Waals surface area contributed by atoms with Crippen molar-refractivity contribution < 1.29 is 9.47 Å². The van der Waals surface area contributed by atoms with Crippen molar-refractivity contribution >= 4 is 10.8 Å². The Morgan fingerprint density at radius 3 is 2.53 bits per heavy atom. The SMILES string of the molecule is N#Cc1ccc(OC2COC2)c2ccccc12. The summed E-state index contributed by atoms with van der Waals surface area (Å²) in [6.45, 7) is 1.29. The molecule has 1 fully saturated rings. The van der Waals surface area contributed by atoms with Crippen molar-refractivity contribution in [1.29, 1.82) is 5.26 Å². The van der Waals surface area contributed by atoms with E-state index in [4.69, 9.17) is 14.7 Å². The summed E-state index contributed by atoms with van der Waals surface area (Å²) < 4.78 is 10.9. The van der Waals surface area contributed by atoms with Gasteiger partial charge in [0.15, 0.2) is 0 Å². The lowest BCUT2D eigenvalue weighted by Gasteiger charge is -2.27. The molecule has 1 saturated heterocycles. The molecule has 3 heteroatoms. The zero-order chi connectivity index (χ0) is 11.7. The van der Waals surface area contributed by atoms with Crippen LogP contribution >= 0.6 is 0 Å². The van der Waals surface area contributed by atoms with Gasteiger partial charge in [-0.2, -0.15) is 5.26 Å². The normalized spacial score (nSPS) is 15.2. The Morgan fingerprint density at radius 1 is 1.12 bits per heavy atom. The molecule has 2 aromatic rings. The first kappa shape index (κ1) is 10.1. The van der Waals surface area contributed by atoms with Crippen LogP contribution in [0.1, 0.15) is 5.56 Å². The van der Waals surface area contributed by atoms with Gasteiger partial charge in [-0.1, -0.05) is 24.3 Å². The summed E-state index contributed by atoms with van der Waals surface area (Å²) in [7, 11) is 0. The predicted octanol–water partition coefficient (Wildman–Crippen LogP) is 2.49. The molecule has 0 bridgehead atoms. The second kappa shape index (κ2) is 4.08. The number of hydrogen-bond acceptors (Lipinski definition) is 3. The lowest BCUT2D eigenvalue weighted by Crippen LogP contribution is -2.38. The highest BCUT2D eigenvalue weighted by Gasteiger charge is 2.21. The number of rotatable bonds is 2. The van der Waals surface area contributed by atoms with Gasteiger partial charge < -0.3 is 9.47 Å². The molecular weight excluding hydrogens is 214 g/mol. The largest absolute Gasteiger partial charge is 0.485 e. The molecular formula is C14H11NO2. The third kappa shape index (κ3) is 1.73. The van der Waals surface area contributed by atoms with Crippen LogP contribution in [-0.2, 0) is 4.74 Å². The van der Waals surface area contributed by atoms with E-state index in [2.05, 4.69) is 6.07 Å². The average Bonchev–Trinajstić information content (AvgIpc) is 2.33. The van der Waals surface area contributed by atoms with E-state index >= 15 is 0 Å². The summed E-state index contributed by atoms with van der Waals surface area (Å²) in [6.07, 6.45) is 0.145. The number of ether oxygens (including phenoxy) is 2. The summed E-state index contributed by atoms with van der Waals surface area (Å²) in [5, 5.41) is 11.0. The van der Waals surface area contributed by atoms with Crippen LogP contribution in [0.25, 0.3) is 10.8 Å². The molecule has 84 valence electrons. The lowest BCUT2D eigenvalue weighted by molar-refractivity contribution is -0.0791. The van der Waals surface area contributed by atoms with Gasteiger partial charge in [-0.15, -0.1) is 0 Å². The van der Waals surface area contributed by atoms with Gasteiger partial charge in [0, 0.05) is 10.8 Å². The summed E-state index contributed by atoms with van der Waals surface area (Å²) in [5.74, 6) is 0.827. The van der Waals surface area contributed by atoms with Crippen molar-refractivity contribution in [3.05, 3.63) is 42.0 Å². The first-order chi connectivity index (χ1) is 8.38. The van der Waals surface area contributed by atoms with E-state index in [1.807, 2.05) is 30.3 Å². The molecule has 1 heterocycles. The first-order valence-electron chi connectivity index (χ1n) is 5.55. The quantitative estimate of drug-likeness (QED) is 0.788. The van der Waals surface area contributed by atoms with Crippen molar-refractivity contribution in [2.24, 2.45) is 0 Å². The van der Waals surface area contributed by atoms with Crippen LogP contribution < -0.4 is 4.74 Å². The van der Waals surface area contributed by atoms with Crippen LogP contribution in [0.15, 0.2) is 36.4 Å². The monoisotopic (exact) mass is 225 g/mol. The highest BCUT2D eigenvalue weighted by molar-refractivity contribution is 5.92. The minimum absolute atomic E-state index is 0.145. The molecule has 3 nitrogen and oxygen atoms in total. The molecule has 0 aromatic heterocycles. The zero-order valence-electron chi connectivity index (χ0n) is 9.22. The lowest BCUT2D eigenvalue weighted by atomic mass is 10.0. The van der Waals surface area contributed by atoms with E-state index in [9.17, 15) is 0 Å². The fraction of sp³-hybridized carbons (Fsp3) is 0.214. The Bertz CT molecular complexity index is 597. The van der Waals surface area contributed by atoms with E-state index < -0.39 is 0 Å². The van der Waals surface area contributed by atoms with Crippen LogP contribution in [0.2, 0.25) is 0 Å². The van der Waals surface area contributed by atoms with Gasteiger partial charge >= 0.3 is 0 Å². The third-order valence-electron chi connectivity index (χ3n) is 2.91. The molecule has 3 rings (SSSR count). The Morgan fingerprint density at radius 2 is 1.88 bits per heavy atom. The fourth-order valence-corrected chi connectivity index (χ4v) is 1.93. The Balaban J connectivity index is 2.09. The number of nitrogens with zero attached hydrogens (tertiary/aromatic N) is 1. The Labute approximate surface area is 99.2 Å². The van der Waals surface area contributed by atoms with Gasteiger partial charge in [-0.25, -0.2) is 0 Å². The Kier molecular flexibility index (Phi) is 2.43.